The van der Waals surface area contributed by atoms with E-state index in [0.717, 1.165) is 4.90 Å². The first-order valence-electron chi connectivity index (χ1n) is 4.85. The summed E-state index contributed by atoms with van der Waals surface area (Å²) in [4.78, 5) is 12.6. The molecule has 1 heterocycles. The summed E-state index contributed by atoms with van der Waals surface area (Å²) < 4.78 is 37.4. The maximum atomic E-state index is 12.5. The topological polar surface area (TPSA) is 66.6 Å². The van der Waals surface area contributed by atoms with Crippen molar-refractivity contribution in [2.24, 2.45) is 5.73 Å². The lowest BCUT2D eigenvalue weighted by molar-refractivity contribution is -0.253. The molecule has 1 aliphatic heterocycles. The summed E-state index contributed by atoms with van der Waals surface area (Å²) in [5.74, 6) is -0.590. The van der Waals surface area contributed by atoms with Crippen LogP contribution in [0.15, 0.2) is 0 Å². The van der Waals surface area contributed by atoms with E-state index in [1.165, 1.54) is 13.8 Å². The van der Waals surface area contributed by atoms with Gasteiger partial charge in [0.1, 0.15) is 0 Å². The van der Waals surface area contributed by atoms with Crippen molar-refractivity contribution in [3.8, 4) is 0 Å². The minimum Gasteiger partial charge on any atom is -0.379 e. The van der Waals surface area contributed by atoms with Crippen LogP contribution in [0.25, 0.3) is 0 Å². The molecule has 4 nitrogen and oxygen atoms in total. The summed E-state index contributed by atoms with van der Waals surface area (Å²) in [6, 6.07) is 0. The van der Waals surface area contributed by atoms with Gasteiger partial charge in [0.2, 0.25) is 5.91 Å². The zero-order chi connectivity index (χ0) is 12.8. The van der Waals surface area contributed by atoms with Crippen LogP contribution in [0.3, 0.4) is 0 Å². The molecular formula is C9H16ClF3N2O2. The van der Waals surface area contributed by atoms with Gasteiger partial charge in [-0.15, -0.1) is 12.4 Å². The summed E-state index contributed by atoms with van der Waals surface area (Å²) in [6.45, 7) is 1.96. The Morgan fingerprint density at radius 1 is 1.41 bits per heavy atom. The van der Waals surface area contributed by atoms with Crippen LogP contribution in [-0.4, -0.2) is 46.3 Å². The van der Waals surface area contributed by atoms with E-state index < -0.39 is 36.2 Å². The highest BCUT2D eigenvalue weighted by Crippen LogP contribution is 2.37. The molecule has 1 atom stereocenters. The Morgan fingerprint density at radius 3 is 2.18 bits per heavy atom. The van der Waals surface area contributed by atoms with Gasteiger partial charge in [-0.2, -0.15) is 13.2 Å². The fourth-order valence-electron chi connectivity index (χ4n) is 1.61. The molecule has 0 saturated carbocycles. The Balaban J connectivity index is 0.00000256. The van der Waals surface area contributed by atoms with E-state index in [1.54, 1.807) is 0 Å². The highest BCUT2D eigenvalue weighted by atomic mass is 35.5. The molecule has 0 aromatic carbocycles. The molecule has 8 heteroatoms. The number of amides is 1. The third-order valence-corrected chi connectivity index (χ3v) is 2.61. The number of nitrogens with zero attached hydrogens (tertiary/aromatic N) is 1. The number of nitrogens with two attached hydrogens (primary N) is 1. The molecule has 1 fully saturated rings. The average molecular weight is 277 g/mol. The van der Waals surface area contributed by atoms with Crippen molar-refractivity contribution in [3.63, 3.8) is 0 Å². The van der Waals surface area contributed by atoms with Crippen molar-refractivity contribution >= 4 is 18.3 Å². The Hall–Kier alpha value is -0.530. The number of β-amino-alcohol motifs (C(OH)–C–C–N with tert-alkyl or cyclic N) is 1. The second kappa shape index (κ2) is 4.62. The number of likely N-dealkylation sites (tertiary alicyclic amines) is 1. The molecule has 1 aliphatic rings. The Labute approximate surface area is 103 Å². The van der Waals surface area contributed by atoms with E-state index in [0.29, 0.717) is 0 Å². The highest BCUT2D eigenvalue weighted by Gasteiger charge is 2.58. The summed E-state index contributed by atoms with van der Waals surface area (Å²) in [7, 11) is 0. The predicted octanol–water partition coefficient (Wildman–Crippen LogP) is 0.671. The summed E-state index contributed by atoms with van der Waals surface area (Å²) >= 11 is 0. The van der Waals surface area contributed by atoms with Crippen molar-refractivity contribution in [3.05, 3.63) is 0 Å². The zero-order valence-corrected chi connectivity index (χ0v) is 10.4. The number of aliphatic hydroxyl groups is 1. The monoisotopic (exact) mass is 276 g/mol. The standard InChI is InChI=1S/C9H15F3N2O2.ClH/c1-7(2,13)6(15)14-4-3-8(16,5-14)9(10,11)12;/h16H,3-5,13H2,1-2H3;1H. The normalized spacial score (nSPS) is 25.7. The highest BCUT2D eigenvalue weighted by molar-refractivity contribution is 5.85. The largest absolute Gasteiger partial charge is 0.419 e. The molecule has 1 saturated heterocycles. The molecule has 0 spiro atoms. The van der Waals surface area contributed by atoms with E-state index in [-0.39, 0.29) is 19.0 Å². The van der Waals surface area contributed by atoms with Gasteiger partial charge in [-0.1, -0.05) is 0 Å². The molecule has 0 aromatic rings. The average Bonchev–Trinajstić information content (AvgIpc) is 2.45. The van der Waals surface area contributed by atoms with Crippen LogP contribution >= 0.6 is 12.4 Å². The summed E-state index contributed by atoms with van der Waals surface area (Å²) in [6.07, 6.45) is -5.22. The van der Waals surface area contributed by atoms with Crippen LogP contribution < -0.4 is 5.73 Å². The van der Waals surface area contributed by atoms with Crippen LogP contribution in [0.1, 0.15) is 20.3 Å². The third kappa shape index (κ3) is 3.23. The third-order valence-electron chi connectivity index (χ3n) is 2.61. The first-order valence-corrected chi connectivity index (χ1v) is 4.85. The second-order valence-electron chi connectivity index (χ2n) is 4.73. The smallest absolute Gasteiger partial charge is 0.379 e. The lowest BCUT2D eigenvalue weighted by atomic mass is 10.0. The molecule has 3 N–H and O–H groups in total. The summed E-state index contributed by atoms with van der Waals surface area (Å²) in [5.41, 5.74) is 1.48. The van der Waals surface area contributed by atoms with Crippen LogP contribution in [0.5, 0.6) is 0 Å². The molecule has 0 radical (unpaired) electrons. The van der Waals surface area contributed by atoms with E-state index in [1.807, 2.05) is 0 Å². The summed E-state index contributed by atoms with van der Waals surface area (Å²) in [5, 5.41) is 9.35. The molecule has 17 heavy (non-hydrogen) atoms. The van der Waals surface area contributed by atoms with Crippen LogP contribution in [-0.2, 0) is 4.79 Å². The van der Waals surface area contributed by atoms with Crippen molar-refractivity contribution in [2.75, 3.05) is 13.1 Å². The Kier molecular flexibility index (Phi) is 4.48. The van der Waals surface area contributed by atoms with E-state index in [2.05, 4.69) is 0 Å². The van der Waals surface area contributed by atoms with Gasteiger partial charge in [-0.3, -0.25) is 4.79 Å². The number of hydrogen-bond acceptors (Lipinski definition) is 3. The lowest BCUT2D eigenvalue weighted by Gasteiger charge is -2.28. The number of rotatable bonds is 1. The van der Waals surface area contributed by atoms with Gasteiger partial charge in [0.05, 0.1) is 12.1 Å². The molecule has 0 bridgehead atoms. The first kappa shape index (κ1) is 16.5. The van der Waals surface area contributed by atoms with E-state index in [9.17, 15) is 23.1 Å². The van der Waals surface area contributed by atoms with E-state index in [4.69, 9.17) is 5.73 Å². The Morgan fingerprint density at radius 2 is 1.88 bits per heavy atom. The van der Waals surface area contributed by atoms with Crippen molar-refractivity contribution in [1.82, 2.24) is 4.90 Å². The molecule has 1 amide bonds. The number of alkyl halides is 3. The van der Waals surface area contributed by atoms with Gasteiger partial charge >= 0.3 is 6.18 Å². The van der Waals surface area contributed by atoms with Gasteiger partial charge in [0.25, 0.3) is 0 Å². The van der Waals surface area contributed by atoms with Crippen LogP contribution in [0.4, 0.5) is 13.2 Å². The quantitative estimate of drug-likeness (QED) is 0.740. The van der Waals surface area contributed by atoms with Crippen molar-refractivity contribution in [2.45, 2.75) is 37.6 Å². The minimum absolute atomic E-state index is 0. The van der Waals surface area contributed by atoms with Gasteiger partial charge in [-0.25, -0.2) is 0 Å². The van der Waals surface area contributed by atoms with Gasteiger partial charge < -0.3 is 15.7 Å². The lowest BCUT2D eigenvalue weighted by Crippen LogP contribution is -2.53. The second-order valence-corrected chi connectivity index (χ2v) is 4.73. The minimum atomic E-state index is -4.72. The zero-order valence-electron chi connectivity index (χ0n) is 9.54. The maximum Gasteiger partial charge on any atom is 0.419 e. The number of carbonyl (C=O) groups is 1. The fourth-order valence-corrected chi connectivity index (χ4v) is 1.61. The number of halogens is 4. The Bertz CT molecular complexity index is 304. The SMILES string of the molecule is CC(C)(N)C(=O)N1CCC(O)(C(F)(F)F)C1.Cl. The van der Waals surface area contributed by atoms with Crippen molar-refractivity contribution < 1.29 is 23.1 Å². The number of hydrogen-bond donors (Lipinski definition) is 2. The molecular weight excluding hydrogens is 261 g/mol. The van der Waals surface area contributed by atoms with Crippen molar-refractivity contribution in [1.29, 1.82) is 0 Å². The predicted molar refractivity (Wildman–Crippen MR) is 57.7 cm³/mol. The van der Waals surface area contributed by atoms with Gasteiger partial charge in [-0.05, 0) is 13.8 Å². The van der Waals surface area contributed by atoms with Gasteiger partial charge in [0.15, 0.2) is 5.60 Å². The molecule has 1 rings (SSSR count). The van der Waals surface area contributed by atoms with Crippen LogP contribution in [0, 0.1) is 0 Å². The maximum absolute atomic E-state index is 12.5. The van der Waals surface area contributed by atoms with Gasteiger partial charge in [0, 0.05) is 13.0 Å². The molecule has 102 valence electrons. The molecule has 0 aromatic heterocycles. The fraction of sp³-hybridized carbons (Fsp3) is 0.889. The molecule has 1 unspecified atom stereocenters. The number of carbonyl (C=O) groups excluding carboxylic acids is 1. The first-order chi connectivity index (χ1) is 6.97. The van der Waals surface area contributed by atoms with Crippen LogP contribution in [0.2, 0.25) is 0 Å². The molecule has 0 aliphatic carbocycles. The van der Waals surface area contributed by atoms with E-state index >= 15 is 0 Å².